The summed E-state index contributed by atoms with van der Waals surface area (Å²) in [5.74, 6) is 0.0123. The van der Waals surface area contributed by atoms with E-state index in [1.807, 2.05) is 54.6 Å². The summed E-state index contributed by atoms with van der Waals surface area (Å²) in [6, 6.07) is 20.9. The van der Waals surface area contributed by atoms with Gasteiger partial charge in [0.1, 0.15) is 12.4 Å². The molecule has 0 unspecified atom stereocenters. The van der Waals surface area contributed by atoms with Crippen molar-refractivity contribution in [1.82, 2.24) is 0 Å². The van der Waals surface area contributed by atoms with Crippen LogP contribution in [-0.2, 0) is 22.6 Å². The lowest BCUT2D eigenvalue weighted by molar-refractivity contribution is -0.144. The molecule has 116 valence electrons. The highest BCUT2D eigenvalue weighted by Crippen LogP contribution is 2.19. The van der Waals surface area contributed by atoms with Gasteiger partial charge in [0, 0.05) is 6.42 Å². The first-order valence-corrected chi connectivity index (χ1v) is 7.62. The number of aromatic hydroxyl groups is 1. The third kappa shape index (κ3) is 3.89. The lowest BCUT2D eigenvalue weighted by Gasteiger charge is -2.08. The fraction of sp³-hybridized carbons (Fsp3) is 0.150. The van der Waals surface area contributed by atoms with E-state index in [1.165, 1.54) is 0 Å². The summed E-state index contributed by atoms with van der Waals surface area (Å²) in [4.78, 5) is 11.9. The van der Waals surface area contributed by atoms with Crippen LogP contribution in [0.4, 0.5) is 0 Å². The van der Waals surface area contributed by atoms with E-state index in [0.29, 0.717) is 12.8 Å². The van der Waals surface area contributed by atoms with Crippen LogP contribution in [-0.4, -0.2) is 11.1 Å². The zero-order valence-corrected chi connectivity index (χ0v) is 12.7. The summed E-state index contributed by atoms with van der Waals surface area (Å²) in [6.45, 7) is 0.287. The summed E-state index contributed by atoms with van der Waals surface area (Å²) >= 11 is 0. The number of hydrogen-bond donors (Lipinski definition) is 1. The average Bonchev–Trinajstić information content (AvgIpc) is 2.59. The molecule has 0 aliphatic carbocycles. The average molecular weight is 306 g/mol. The van der Waals surface area contributed by atoms with Gasteiger partial charge in [-0.2, -0.15) is 0 Å². The summed E-state index contributed by atoms with van der Waals surface area (Å²) in [6.07, 6.45) is 0.935. The Morgan fingerprint density at radius 1 is 0.913 bits per heavy atom. The molecule has 3 aromatic carbocycles. The van der Waals surface area contributed by atoms with E-state index in [2.05, 4.69) is 0 Å². The Hall–Kier alpha value is -2.81. The van der Waals surface area contributed by atoms with Gasteiger partial charge in [-0.25, -0.2) is 0 Å². The van der Waals surface area contributed by atoms with E-state index in [-0.39, 0.29) is 18.3 Å². The molecule has 3 aromatic rings. The van der Waals surface area contributed by atoms with Crippen LogP contribution >= 0.6 is 0 Å². The van der Waals surface area contributed by atoms with Gasteiger partial charge < -0.3 is 9.84 Å². The van der Waals surface area contributed by atoms with E-state index >= 15 is 0 Å². The van der Waals surface area contributed by atoms with Crippen molar-refractivity contribution in [2.24, 2.45) is 0 Å². The van der Waals surface area contributed by atoms with Crippen LogP contribution in [0.5, 0.6) is 5.75 Å². The molecule has 0 saturated heterocycles. The van der Waals surface area contributed by atoms with E-state index in [1.54, 1.807) is 12.1 Å². The second kappa shape index (κ2) is 6.97. The van der Waals surface area contributed by atoms with Gasteiger partial charge in [0.2, 0.25) is 0 Å². The van der Waals surface area contributed by atoms with Crippen LogP contribution in [0.3, 0.4) is 0 Å². The van der Waals surface area contributed by atoms with E-state index in [9.17, 15) is 9.90 Å². The molecule has 3 rings (SSSR count). The van der Waals surface area contributed by atoms with Crippen LogP contribution in [0.2, 0.25) is 0 Å². The first-order valence-electron chi connectivity index (χ1n) is 7.62. The Labute approximate surface area is 135 Å². The first-order chi connectivity index (χ1) is 11.2. The maximum atomic E-state index is 11.9. The largest absolute Gasteiger partial charge is 0.508 e. The number of aryl methyl sites for hydroxylation is 1. The monoisotopic (exact) mass is 306 g/mol. The number of benzene rings is 3. The van der Waals surface area contributed by atoms with Crippen molar-refractivity contribution in [2.75, 3.05) is 0 Å². The second-order valence-corrected chi connectivity index (χ2v) is 5.47. The highest BCUT2D eigenvalue weighted by atomic mass is 16.5. The lowest BCUT2D eigenvalue weighted by atomic mass is 10.1. The van der Waals surface area contributed by atoms with Gasteiger partial charge >= 0.3 is 5.97 Å². The number of carbonyl (C=O) groups is 1. The van der Waals surface area contributed by atoms with Crippen LogP contribution in [0, 0.1) is 0 Å². The van der Waals surface area contributed by atoms with Crippen molar-refractivity contribution >= 4 is 16.7 Å². The van der Waals surface area contributed by atoms with Gasteiger partial charge in [0.15, 0.2) is 0 Å². The minimum atomic E-state index is -0.217. The molecule has 0 amide bonds. The SMILES string of the molecule is O=C(CCc1ccc(O)cc1)OCc1cccc2ccccc12. The smallest absolute Gasteiger partial charge is 0.306 e. The molecule has 0 heterocycles. The van der Waals surface area contributed by atoms with Crippen LogP contribution in [0.25, 0.3) is 10.8 Å². The molecule has 0 radical (unpaired) electrons. The van der Waals surface area contributed by atoms with Crippen molar-refractivity contribution in [3.63, 3.8) is 0 Å². The minimum Gasteiger partial charge on any atom is -0.508 e. The van der Waals surface area contributed by atoms with Gasteiger partial charge in [-0.15, -0.1) is 0 Å². The van der Waals surface area contributed by atoms with Crippen molar-refractivity contribution in [3.05, 3.63) is 77.9 Å². The molecule has 0 aliphatic heterocycles. The molecule has 1 N–H and O–H groups in total. The third-order valence-electron chi connectivity index (χ3n) is 3.82. The van der Waals surface area contributed by atoms with Crippen molar-refractivity contribution in [3.8, 4) is 5.75 Å². The second-order valence-electron chi connectivity index (χ2n) is 5.47. The summed E-state index contributed by atoms with van der Waals surface area (Å²) in [5.41, 5.74) is 2.02. The van der Waals surface area contributed by atoms with Crippen LogP contribution in [0.15, 0.2) is 66.7 Å². The first kappa shape index (κ1) is 15.1. The van der Waals surface area contributed by atoms with Crippen molar-refractivity contribution in [2.45, 2.75) is 19.4 Å². The molecule has 0 spiro atoms. The molecular weight excluding hydrogens is 288 g/mol. The summed E-state index contributed by atoms with van der Waals surface area (Å²) < 4.78 is 5.39. The number of hydrogen-bond acceptors (Lipinski definition) is 3. The standard InChI is InChI=1S/C20H18O3/c21-18-11-8-15(9-12-18)10-13-20(22)23-14-17-6-3-5-16-4-1-2-7-19(16)17/h1-9,11-12,21H,10,13-14H2. The summed E-state index contributed by atoms with van der Waals surface area (Å²) in [5, 5.41) is 11.5. The number of carbonyl (C=O) groups excluding carboxylic acids is 1. The number of esters is 1. The number of rotatable bonds is 5. The topological polar surface area (TPSA) is 46.5 Å². The third-order valence-corrected chi connectivity index (χ3v) is 3.82. The number of phenols is 1. The molecule has 23 heavy (non-hydrogen) atoms. The van der Waals surface area contributed by atoms with Gasteiger partial charge in [-0.1, -0.05) is 54.6 Å². The molecule has 3 heteroatoms. The molecule has 0 fully saturated rings. The van der Waals surface area contributed by atoms with Crippen LogP contribution < -0.4 is 0 Å². The van der Waals surface area contributed by atoms with Crippen LogP contribution in [0.1, 0.15) is 17.5 Å². The van der Waals surface area contributed by atoms with E-state index in [4.69, 9.17) is 4.74 Å². The molecule has 0 atom stereocenters. The van der Waals surface area contributed by atoms with Crippen molar-refractivity contribution < 1.29 is 14.6 Å². The molecule has 0 aromatic heterocycles. The summed E-state index contributed by atoms with van der Waals surface area (Å²) in [7, 11) is 0. The van der Waals surface area contributed by atoms with E-state index in [0.717, 1.165) is 21.9 Å². The fourth-order valence-electron chi connectivity index (χ4n) is 2.56. The molecule has 3 nitrogen and oxygen atoms in total. The normalized spacial score (nSPS) is 10.6. The molecular formula is C20H18O3. The zero-order chi connectivity index (χ0) is 16.1. The molecule has 0 bridgehead atoms. The lowest BCUT2D eigenvalue weighted by Crippen LogP contribution is -2.06. The minimum absolute atomic E-state index is 0.217. The highest BCUT2D eigenvalue weighted by molar-refractivity contribution is 5.85. The Bertz CT molecular complexity index is 801. The fourth-order valence-corrected chi connectivity index (χ4v) is 2.56. The van der Waals surface area contributed by atoms with Gasteiger partial charge in [0.25, 0.3) is 0 Å². The highest BCUT2D eigenvalue weighted by Gasteiger charge is 2.06. The van der Waals surface area contributed by atoms with Gasteiger partial charge in [-0.05, 0) is 40.5 Å². The number of phenolic OH excluding ortho intramolecular Hbond substituents is 1. The maximum Gasteiger partial charge on any atom is 0.306 e. The molecule has 0 aliphatic rings. The predicted molar refractivity (Wildman–Crippen MR) is 90.2 cm³/mol. The molecule has 0 saturated carbocycles. The quantitative estimate of drug-likeness (QED) is 0.718. The maximum absolute atomic E-state index is 11.9. The van der Waals surface area contributed by atoms with Crippen molar-refractivity contribution in [1.29, 1.82) is 0 Å². The Morgan fingerprint density at radius 3 is 2.48 bits per heavy atom. The van der Waals surface area contributed by atoms with E-state index < -0.39 is 0 Å². The predicted octanol–water partition coefficient (Wildman–Crippen LogP) is 4.22. The number of ether oxygens (including phenoxy) is 1. The Balaban J connectivity index is 1.57. The Kier molecular flexibility index (Phi) is 4.57. The Morgan fingerprint density at radius 2 is 1.65 bits per heavy atom. The van der Waals surface area contributed by atoms with Gasteiger partial charge in [-0.3, -0.25) is 4.79 Å². The number of fused-ring (bicyclic) bond motifs is 1. The van der Waals surface area contributed by atoms with Gasteiger partial charge in [0.05, 0.1) is 0 Å². The zero-order valence-electron chi connectivity index (χ0n) is 12.7.